The van der Waals surface area contributed by atoms with E-state index in [9.17, 15) is 0 Å². The van der Waals surface area contributed by atoms with Crippen LogP contribution >= 0.6 is 11.3 Å². The van der Waals surface area contributed by atoms with Gasteiger partial charge >= 0.3 is 0 Å². The highest BCUT2D eigenvalue weighted by atomic mass is 32.1. The van der Waals surface area contributed by atoms with Crippen LogP contribution in [0.15, 0.2) is 265 Å². The molecule has 4 heterocycles. The summed E-state index contributed by atoms with van der Waals surface area (Å²) in [5.74, 6) is 0. The molecule has 0 spiro atoms. The third kappa shape index (κ3) is 6.35. The number of para-hydroxylation sites is 4. The second-order valence-corrected chi connectivity index (χ2v) is 20.7. The van der Waals surface area contributed by atoms with Crippen molar-refractivity contribution in [1.82, 2.24) is 9.13 Å². The van der Waals surface area contributed by atoms with Gasteiger partial charge in [0.05, 0.1) is 27.8 Å². The average molecular weight is 974 g/mol. The molecule has 350 valence electrons. The zero-order valence-corrected chi connectivity index (χ0v) is 41.3. The third-order valence-electron chi connectivity index (χ3n) is 15.5. The number of hydrogen-bond acceptors (Lipinski definition) is 3. The van der Waals surface area contributed by atoms with Gasteiger partial charge in [-0.1, -0.05) is 170 Å². The lowest BCUT2D eigenvalue weighted by molar-refractivity contribution is 0.669. The zero-order chi connectivity index (χ0) is 49.1. The molecule has 16 aromatic rings. The summed E-state index contributed by atoms with van der Waals surface area (Å²) in [7, 11) is 0. The first-order valence-electron chi connectivity index (χ1n) is 25.6. The maximum Gasteiger partial charge on any atom is 0.160 e. The summed E-state index contributed by atoms with van der Waals surface area (Å²) in [4.78, 5) is 2.48. The van der Waals surface area contributed by atoms with Crippen LogP contribution in [0.2, 0.25) is 0 Å². The van der Waals surface area contributed by atoms with E-state index in [1.54, 1.807) is 0 Å². The highest BCUT2D eigenvalue weighted by molar-refractivity contribution is 7.25. The summed E-state index contributed by atoms with van der Waals surface area (Å²) in [6.07, 6.45) is 0. The van der Waals surface area contributed by atoms with Crippen molar-refractivity contribution in [1.29, 1.82) is 0 Å². The van der Waals surface area contributed by atoms with Gasteiger partial charge in [-0.05, 0) is 118 Å². The zero-order valence-electron chi connectivity index (χ0n) is 40.5. The Hall–Kier alpha value is -9.68. The van der Waals surface area contributed by atoms with Crippen LogP contribution in [0.5, 0.6) is 0 Å². The quantitative estimate of drug-likeness (QED) is 0.159. The maximum atomic E-state index is 7.17. The third-order valence-corrected chi connectivity index (χ3v) is 16.6. The van der Waals surface area contributed by atoms with Crippen molar-refractivity contribution < 1.29 is 4.42 Å². The van der Waals surface area contributed by atoms with Crippen molar-refractivity contribution in [2.75, 3.05) is 4.90 Å². The molecule has 0 aliphatic heterocycles. The first kappa shape index (κ1) is 41.9. The van der Waals surface area contributed by atoms with E-state index in [4.69, 9.17) is 4.42 Å². The first-order valence-corrected chi connectivity index (χ1v) is 26.4. The van der Waals surface area contributed by atoms with Crippen LogP contribution in [-0.4, -0.2) is 9.13 Å². The van der Waals surface area contributed by atoms with Crippen molar-refractivity contribution in [3.63, 3.8) is 0 Å². The van der Waals surface area contributed by atoms with Crippen LogP contribution in [0.3, 0.4) is 0 Å². The first-order chi connectivity index (χ1) is 37.2. The van der Waals surface area contributed by atoms with E-state index in [0.717, 1.165) is 83.7 Å². The molecule has 0 amide bonds. The van der Waals surface area contributed by atoms with Gasteiger partial charge in [0.2, 0.25) is 0 Å². The van der Waals surface area contributed by atoms with E-state index in [1.165, 1.54) is 63.5 Å². The lowest BCUT2D eigenvalue weighted by atomic mass is 9.96. The Balaban J connectivity index is 1.06. The van der Waals surface area contributed by atoms with Gasteiger partial charge in [0.25, 0.3) is 0 Å². The molecule has 0 saturated carbocycles. The van der Waals surface area contributed by atoms with E-state index in [2.05, 4.69) is 275 Å². The fourth-order valence-electron chi connectivity index (χ4n) is 12.2. The second-order valence-electron chi connectivity index (χ2n) is 19.6. The number of hydrogen-bond donors (Lipinski definition) is 0. The smallest absolute Gasteiger partial charge is 0.160 e. The summed E-state index contributed by atoms with van der Waals surface area (Å²) < 4.78 is 14.6. The Labute approximate surface area is 435 Å². The van der Waals surface area contributed by atoms with Crippen molar-refractivity contribution in [3.8, 4) is 33.6 Å². The Morgan fingerprint density at radius 2 is 0.947 bits per heavy atom. The Morgan fingerprint density at radius 1 is 0.333 bits per heavy atom. The summed E-state index contributed by atoms with van der Waals surface area (Å²) in [5.41, 5.74) is 16.0. The lowest BCUT2D eigenvalue weighted by Crippen LogP contribution is -2.12. The van der Waals surface area contributed by atoms with Crippen molar-refractivity contribution in [2.45, 2.75) is 0 Å². The molecule has 0 atom stereocenters. The topological polar surface area (TPSA) is 26.2 Å². The molecule has 4 aromatic heterocycles. The largest absolute Gasteiger partial charge is 0.454 e. The number of anilines is 3. The number of aromatic nitrogens is 2. The van der Waals surface area contributed by atoms with Gasteiger partial charge in [-0.25, -0.2) is 0 Å². The van der Waals surface area contributed by atoms with Crippen molar-refractivity contribution in [3.05, 3.63) is 261 Å². The molecule has 0 N–H and O–H groups in total. The molecule has 0 bridgehead atoms. The fourth-order valence-corrected chi connectivity index (χ4v) is 13.3. The molecule has 75 heavy (non-hydrogen) atoms. The van der Waals surface area contributed by atoms with Crippen LogP contribution in [-0.2, 0) is 0 Å². The van der Waals surface area contributed by atoms with Crippen molar-refractivity contribution >= 4 is 125 Å². The number of thiophene rings is 1. The predicted molar refractivity (Wildman–Crippen MR) is 318 cm³/mol. The number of fused-ring (bicyclic) bond motifs is 14. The monoisotopic (exact) mass is 973 g/mol. The number of benzene rings is 12. The van der Waals surface area contributed by atoms with Crippen LogP contribution < -0.4 is 4.90 Å². The predicted octanol–water partition coefficient (Wildman–Crippen LogP) is 20.1. The number of nitrogens with zero attached hydrogens (tertiary/aromatic N) is 3. The standard InChI is InChI=1S/C70H43N3OS/c1-3-18-45(19-4-1)53-35-36-56-54-25-11-15-32-64(54)74-70(56)69(53)71(48-34-39-66-59(43-48)55-26-12-16-33-65(55)75-66)49-40-46(52-29-17-21-44-20-7-8-24-51(44)52)41-50(42-49)73-61-31-14-10-28-58(61)68-63(73)38-37-62-67(68)57-27-9-13-30-60(57)72(62)47-22-5-2-6-23-47/h1-43H. The molecule has 0 aliphatic carbocycles. The van der Waals surface area contributed by atoms with E-state index in [-0.39, 0.29) is 0 Å². The summed E-state index contributed by atoms with van der Waals surface area (Å²) in [6.45, 7) is 0. The van der Waals surface area contributed by atoms with Gasteiger partial charge in [0.1, 0.15) is 5.58 Å². The molecule has 0 aliphatic rings. The molecule has 12 aromatic carbocycles. The van der Waals surface area contributed by atoms with Crippen LogP contribution in [0, 0.1) is 0 Å². The summed E-state index contributed by atoms with van der Waals surface area (Å²) in [5, 5.41) is 11.9. The van der Waals surface area contributed by atoms with Gasteiger partial charge in [0.15, 0.2) is 5.58 Å². The molecule has 0 saturated heterocycles. The average Bonchev–Trinajstić information content (AvgIpc) is 4.26. The Kier molecular flexibility index (Phi) is 9.17. The molecular weight excluding hydrogens is 931 g/mol. The van der Waals surface area contributed by atoms with Gasteiger partial charge in [-0.2, -0.15) is 0 Å². The van der Waals surface area contributed by atoms with Gasteiger partial charge < -0.3 is 18.5 Å². The molecule has 0 fully saturated rings. The lowest BCUT2D eigenvalue weighted by Gasteiger charge is -2.29. The maximum absolute atomic E-state index is 7.17. The highest BCUT2D eigenvalue weighted by Crippen LogP contribution is 2.51. The van der Waals surface area contributed by atoms with Crippen molar-refractivity contribution in [2.24, 2.45) is 0 Å². The minimum Gasteiger partial charge on any atom is -0.454 e. The van der Waals surface area contributed by atoms with E-state index < -0.39 is 0 Å². The number of furan rings is 1. The SMILES string of the molecule is c1ccc(-c2ccc3c(oc4ccccc43)c2N(c2cc(-c3cccc4ccccc34)cc(-n3c4ccccc4c4c5c6ccccc6n(-c6ccccc6)c5ccc43)c2)c2ccc3sc4ccccc4c3c2)cc1. The van der Waals surface area contributed by atoms with Crippen LogP contribution in [0.1, 0.15) is 0 Å². The van der Waals surface area contributed by atoms with Crippen LogP contribution in [0.4, 0.5) is 17.1 Å². The number of rotatable bonds is 7. The molecule has 0 radical (unpaired) electrons. The highest BCUT2D eigenvalue weighted by Gasteiger charge is 2.27. The Morgan fingerprint density at radius 3 is 1.72 bits per heavy atom. The fraction of sp³-hybridized carbons (Fsp3) is 0. The summed E-state index contributed by atoms with van der Waals surface area (Å²) in [6, 6.07) is 95.5. The van der Waals surface area contributed by atoms with Crippen LogP contribution in [0.25, 0.3) is 130 Å². The minimum absolute atomic E-state index is 0.832. The molecule has 4 nitrogen and oxygen atoms in total. The molecule has 0 unspecified atom stereocenters. The second kappa shape index (κ2) is 16.4. The van der Waals surface area contributed by atoms with E-state index in [1.807, 2.05) is 11.3 Å². The van der Waals surface area contributed by atoms with Gasteiger partial charge in [-0.3, -0.25) is 0 Å². The molecule has 16 rings (SSSR count). The van der Waals surface area contributed by atoms with Gasteiger partial charge in [0, 0.05) is 80.8 Å². The van der Waals surface area contributed by atoms with E-state index >= 15 is 0 Å². The minimum atomic E-state index is 0.832. The molecular formula is C70H43N3OS. The van der Waals surface area contributed by atoms with Gasteiger partial charge in [-0.15, -0.1) is 11.3 Å². The molecule has 5 heteroatoms. The Bertz CT molecular complexity index is 4960. The van der Waals surface area contributed by atoms with E-state index in [0.29, 0.717) is 0 Å². The normalized spacial score (nSPS) is 12.0. The summed E-state index contributed by atoms with van der Waals surface area (Å²) >= 11 is 1.84.